The second-order valence-electron chi connectivity index (χ2n) is 5.51. The summed E-state index contributed by atoms with van der Waals surface area (Å²) in [5.74, 6) is -0.454. The predicted octanol–water partition coefficient (Wildman–Crippen LogP) is 2.89. The maximum atomic E-state index is 12.3. The number of carbonyl (C=O) groups is 1. The van der Waals surface area contributed by atoms with Crippen LogP contribution in [0.3, 0.4) is 0 Å². The SMILES string of the molecule is O=C(Nc1cc2c(=O)[nH]c3ccccc3c2oc1=O)c1ccccc1. The Kier molecular flexibility index (Phi) is 3.43. The number of pyridine rings is 1. The topological polar surface area (TPSA) is 92.2 Å². The summed E-state index contributed by atoms with van der Waals surface area (Å²) in [4.78, 5) is 39.5. The highest BCUT2D eigenvalue weighted by molar-refractivity contribution is 6.06. The Balaban J connectivity index is 1.87. The first-order valence-electron chi connectivity index (χ1n) is 7.59. The molecule has 4 aromatic rings. The normalized spacial score (nSPS) is 10.9. The fourth-order valence-electron chi connectivity index (χ4n) is 2.69. The van der Waals surface area contributed by atoms with Gasteiger partial charge in [-0.25, -0.2) is 4.79 Å². The minimum Gasteiger partial charge on any atom is -0.420 e. The van der Waals surface area contributed by atoms with E-state index in [0.29, 0.717) is 16.5 Å². The summed E-state index contributed by atoms with van der Waals surface area (Å²) in [6.45, 7) is 0. The highest BCUT2D eigenvalue weighted by Gasteiger charge is 2.14. The van der Waals surface area contributed by atoms with Gasteiger partial charge < -0.3 is 14.7 Å². The lowest BCUT2D eigenvalue weighted by atomic mass is 10.1. The molecule has 0 fully saturated rings. The van der Waals surface area contributed by atoms with Crippen LogP contribution in [-0.4, -0.2) is 10.9 Å². The van der Waals surface area contributed by atoms with Gasteiger partial charge in [0.05, 0.1) is 10.9 Å². The lowest BCUT2D eigenvalue weighted by Crippen LogP contribution is -2.19. The van der Waals surface area contributed by atoms with E-state index < -0.39 is 17.1 Å². The van der Waals surface area contributed by atoms with Gasteiger partial charge in [0.2, 0.25) is 0 Å². The van der Waals surface area contributed by atoms with Crippen molar-refractivity contribution in [1.29, 1.82) is 0 Å². The van der Waals surface area contributed by atoms with Crippen LogP contribution < -0.4 is 16.5 Å². The van der Waals surface area contributed by atoms with Gasteiger partial charge >= 0.3 is 5.63 Å². The second kappa shape index (κ2) is 5.76. The van der Waals surface area contributed by atoms with Gasteiger partial charge in [-0.1, -0.05) is 30.3 Å². The van der Waals surface area contributed by atoms with E-state index in [1.807, 2.05) is 0 Å². The second-order valence-corrected chi connectivity index (χ2v) is 5.51. The smallest absolute Gasteiger partial charge is 0.360 e. The third-order valence-electron chi connectivity index (χ3n) is 3.90. The number of hydrogen-bond donors (Lipinski definition) is 2. The van der Waals surface area contributed by atoms with Crippen molar-refractivity contribution in [2.75, 3.05) is 5.32 Å². The van der Waals surface area contributed by atoms with Crippen molar-refractivity contribution in [1.82, 2.24) is 4.98 Å². The monoisotopic (exact) mass is 332 g/mol. The Hall–Kier alpha value is -3.67. The zero-order valence-corrected chi connectivity index (χ0v) is 12.9. The van der Waals surface area contributed by atoms with Crippen LogP contribution in [0.25, 0.3) is 21.9 Å². The van der Waals surface area contributed by atoms with Crippen LogP contribution in [0.5, 0.6) is 0 Å². The molecule has 6 heteroatoms. The summed E-state index contributed by atoms with van der Waals surface area (Å²) in [7, 11) is 0. The van der Waals surface area contributed by atoms with Gasteiger partial charge in [-0.15, -0.1) is 0 Å². The standard InChI is InChI=1S/C19H12N2O4/c22-17(11-6-2-1-3-7-11)21-15-10-13-16(25-19(15)24)12-8-4-5-9-14(12)20-18(13)23/h1-10H,(H,20,23)(H,21,22). The van der Waals surface area contributed by atoms with Crippen molar-refractivity contribution in [3.63, 3.8) is 0 Å². The van der Waals surface area contributed by atoms with Crippen molar-refractivity contribution in [3.05, 3.63) is 87.0 Å². The number of aromatic nitrogens is 1. The Bertz CT molecular complexity index is 1220. The number of aromatic amines is 1. The molecule has 0 aliphatic carbocycles. The summed E-state index contributed by atoms with van der Waals surface area (Å²) in [6.07, 6.45) is 0. The first-order valence-corrected chi connectivity index (χ1v) is 7.59. The molecule has 6 nitrogen and oxygen atoms in total. The van der Waals surface area contributed by atoms with Crippen LogP contribution in [0.2, 0.25) is 0 Å². The molecule has 0 unspecified atom stereocenters. The first-order chi connectivity index (χ1) is 12.1. The molecule has 0 radical (unpaired) electrons. The molecule has 0 aliphatic heterocycles. The van der Waals surface area contributed by atoms with Crippen molar-refractivity contribution in [2.45, 2.75) is 0 Å². The lowest BCUT2D eigenvalue weighted by molar-refractivity contribution is 0.102. The largest absolute Gasteiger partial charge is 0.420 e. The summed E-state index contributed by atoms with van der Waals surface area (Å²) < 4.78 is 5.33. The van der Waals surface area contributed by atoms with Crippen LogP contribution >= 0.6 is 0 Å². The van der Waals surface area contributed by atoms with Crippen molar-refractivity contribution >= 4 is 33.5 Å². The fraction of sp³-hybridized carbons (Fsp3) is 0. The molecule has 2 N–H and O–H groups in total. The zero-order valence-electron chi connectivity index (χ0n) is 12.9. The summed E-state index contributed by atoms with van der Waals surface area (Å²) in [5, 5.41) is 3.31. The van der Waals surface area contributed by atoms with E-state index in [4.69, 9.17) is 4.42 Å². The summed E-state index contributed by atoms with van der Waals surface area (Å²) in [5.41, 5.74) is -0.0250. The number of amides is 1. The summed E-state index contributed by atoms with van der Waals surface area (Å²) >= 11 is 0. The molecular weight excluding hydrogens is 320 g/mol. The minimum atomic E-state index is -0.715. The average Bonchev–Trinajstić information content (AvgIpc) is 2.63. The van der Waals surface area contributed by atoms with Gasteiger partial charge in [-0.3, -0.25) is 9.59 Å². The highest BCUT2D eigenvalue weighted by Crippen LogP contribution is 2.21. The Morgan fingerprint density at radius 1 is 0.920 bits per heavy atom. The number of carbonyl (C=O) groups excluding carboxylic acids is 1. The molecule has 0 spiro atoms. The van der Waals surface area contributed by atoms with Crippen LogP contribution in [0.15, 0.2) is 74.7 Å². The number of para-hydroxylation sites is 1. The zero-order chi connectivity index (χ0) is 17.4. The lowest BCUT2D eigenvalue weighted by Gasteiger charge is -2.06. The maximum absolute atomic E-state index is 12.3. The number of H-pyrrole nitrogens is 1. The number of anilines is 1. The Morgan fingerprint density at radius 2 is 1.64 bits per heavy atom. The molecule has 2 aromatic heterocycles. The molecule has 2 heterocycles. The van der Waals surface area contributed by atoms with Crippen molar-refractivity contribution < 1.29 is 9.21 Å². The van der Waals surface area contributed by atoms with E-state index >= 15 is 0 Å². The van der Waals surface area contributed by atoms with Crippen molar-refractivity contribution in [2.24, 2.45) is 0 Å². The molecule has 4 rings (SSSR count). The van der Waals surface area contributed by atoms with Gasteiger partial charge in [0.25, 0.3) is 11.5 Å². The fourth-order valence-corrected chi connectivity index (χ4v) is 2.69. The van der Waals surface area contributed by atoms with Gasteiger partial charge in [0.1, 0.15) is 5.69 Å². The Morgan fingerprint density at radius 3 is 2.44 bits per heavy atom. The van der Waals surface area contributed by atoms with Gasteiger partial charge in [-0.2, -0.15) is 0 Å². The third kappa shape index (κ3) is 2.59. The van der Waals surface area contributed by atoms with E-state index in [-0.39, 0.29) is 16.7 Å². The number of nitrogens with one attached hydrogen (secondary N) is 2. The molecule has 25 heavy (non-hydrogen) atoms. The van der Waals surface area contributed by atoms with E-state index in [0.717, 1.165) is 0 Å². The Labute approximate surface area is 140 Å². The van der Waals surface area contributed by atoms with Crippen LogP contribution in [0.1, 0.15) is 10.4 Å². The van der Waals surface area contributed by atoms with Crippen molar-refractivity contribution in [3.8, 4) is 0 Å². The van der Waals surface area contributed by atoms with E-state index in [1.54, 1.807) is 54.6 Å². The maximum Gasteiger partial charge on any atom is 0.360 e. The molecule has 122 valence electrons. The quantitative estimate of drug-likeness (QED) is 0.552. The minimum absolute atomic E-state index is 0.0814. The van der Waals surface area contributed by atoms with E-state index in [9.17, 15) is 14.4 Å². The molecule has 1 amide bonds. The third-order valence-corrected chi connectivity index (χ3v) is 3.90. The number of hydrogen-bond acceptors (Lipinski definition) is 4. The van der Waals surface area contributed by atoms with E-state index in [1.165, 1.54) is 6.07 Å². The number of benzene rings is 2. The molecule has 0 saturated carbocycles. The molecule has 0 saturated heterocycles. The number of rotatable bonds is 2. The van der Waals surface area contributed by atoms with Crippen LogP contribution in [0, 0.1) is 0 Å². The van der Waals surface area contributed by atoms with Crippen LogP contribution in [0.4, 0.5) is 5.69 Å². The first kappa shape index (κ1) is 14.9. The molecular formula is C19H12N2O4. The summed E-state index contributed by atoms with van der Waals surface area (Å²) in [6, 6.07) is 16.8. The molecule has 0 bridgehead atoms. The molecule has 0 aliphatic rings. The predicted molar refractivity (Wildman–Crippen MR) is 95.0 cm³/mol. The average molecular weight is 332 g/mol. The van der Waals surface area contributed by atoms with Gasteiger partial charge in [0, 0.05) is 10.9 Å². The van der Waals surface area contributed by atoms with Gasteiger partial charge in [-0.05, 0) is 30.3 Å². The molecule has 0 atom stereocenters. The highest BCUT2D eigenvalue weighted by atomic mass is 16.4. The van der Waals surface area contributed by atoms with E-state index in [2.05, 4.69) is 10.3 Å². The van der Waals surface area contributed by atoms with Gasteiger partial charge in [0.15, 0.2) is 5.58 Å². The number of fused-ring (bicyclic) bond motifs is 3. The van der Waals surface area contributed by atoms with Crippen LogP contribution in [-0.2, 0) is 0 Å². The molecule has 2 aromatic carbocycles.